The van der Waals surface area contributed by atoms with Gasteiger partial charge in [-0.15, -0.1) is 0 Å². The third-order valence-corrected chi connectivity index (χ3v) is 8.53. The highest BCUT2D eigenvalue weighted by molar-refractivity contribution is 6.74. The van der Waals surface area contributed by atoms with Crippen LogP contribution in [0.4, 0.5) is 0 Å². The first-order valence-corrected chi connectivity index (χ1v) is 9.40. The van der Waals surface area contributed by atoms with E-state index in [9.17, 15) is 0 Å². The Labute approximate surface area is 107 Å². The molecule has 3 nitrogen and oxygen atoms in total. The summed E-state index contributed by atoms with van der Waals surface area (Å²) in [5.74, 6) is 0. The van der Waals surface area contributed by atoms with Gasteiger partial charge in [0.15, 0.2) is 8.32 Å². The molecule has 1 saturated heterocycles. The average Bonchev–Trinajstić information content (AvgIpc) is 2.44. The van der Waals surface area contributed by atoms with Crippen LogP contribution in [0.1, 0.15) is 34.1 Å². The summed E-state index contributed by atoms with van der Waals surface area (Å²) in [5.41, 5.74) is 0. The fraction of sp³-hybridized carbons (Fsp3) is 1.00. The molecule has 0 aromatic heterocycles. The molecule has 17 heavy (non-hydrogen) atoms. The first kappa shape index (κ1) is 15.2. The Morgan fingerprint density at radius 3 is 2.35 bits per heavy atom. The lowest BCUT2D eigenvalue weighted by molar-refractivity contribution is -0.00752. The van der Waals surface area contributed by atoms with Gasteiger partial charge >= 0.3 is 0 Å². The van der Waals surface area contributed by atoms with Gasteiger partial charge in [0.25, 0.3) is 0 Å². The molecule has 0 bridgehead atoms. The van der Waals surface area contributed by atoms with Crippen LogP contribution in [0.15, 0.2) is 0 Å². The molecule has 0 unspecified atom stereocenters. The van der Waals surface area contributed by atoms with Crippen LogP contribution in [-0.2, 0) is 13.9 Å². The van der Waals surface area contributed by atoms with Crippen LogP contribution in [0, 0.1) is 0 Å². The summed E-state index contributed by atoms with van der Waals surface area (Å²) in [4.78, 5) is 0. The number of hydrogen-bond acceptors (Lipinski definition) is 3. The van der Waals surface area contributed by atoms with E-state index in [1.165, 1.54) is 0 Å². The predicted molar refractivity (Wildman–Crippen MR) is 72.9 cm³/mol. The molecule has 0 radical (unpaired) electrons. The van der Waals surface area contributed by atoms with Crippen molar-refractivity contribution in [1.29, 1.82) is 0 Å². The number of hydrogen-bond donors (Lipinski definition) is 0. The van der Waals surface area contributed by atoms with Gasteiger partial charge in [0, 0.05) is 13.5 Å². The molecule has 1 fully saturated rings. The molecule has 1 rings (SSSR count). The number of rotatable bonds is 4. The van der Waals surface area contributed by atoms with Gasteiger partial charge in [-0.2, -0.15) is 0 Å². The van der Waals surface area contributed by atoms with Crippen molar-refractivity contribution in [1.82, 2.24) is 0 Å². The zero-order valence-corrected chi connectivity index (χ0v) is 13.4. The Balaban J connectivity index is 2.58. The van der Waals surface area contributed by atoms with Crippen LogP contribution < -0.4 is 0 Å². The van der Waals surface area contributed by atoms with E-state index >= 15 is 0 Å². The molecule has 0 saturated carbocycles. The van der Waals surface area contributed by atoms with E-state index in [0.29, 0.717) is 6.61 Å². The van der Waals surface area contributed by atoms with E-state index < -0.39 is 8.32 Å². The highest BCUT2D eigenvalue weighted by Crippen LogP contribution is 2.39. The average molecular weight is 260 g/mol. The van der Waals surface area contributed by atoms with E-state index in [1.807, 2.05) is 0 Å². The molecule has 0 spiro atoms. The molecular formula is C13H28O3Si. The minimum atomic E-state index is -1.69. The van der Waals surface area contributed by atoms with Crippen LogP contribution in [0.5, 0.6) is 0 Å². The van der Waals surface area contributed by atoms with Crippen molar-refractivity contribution >= 4 is 8.32 Å². The van der Waals surface area contributed by atoms with E-state index in [-0.39, 0.29) is 23.4 Å². The molecule has 1 heterocycles. The Kier molecular flexibility index (Phi) is 4.80. The first-order valence-electron chi connectivity index (χ1n) is 6.49. The third-order valence-electron chi connectivity index (χ3n) is 4.03. The topological polar surface area (TPSA) is 27.7 Å². The summed E-state index contributed by atoms with van der Waals surface area (Å²) in [6, 6.07) is 0. The van der Waals surface area contributed by atoms with Gasteiger partial charge in [-0.3, -0.25) is 0 Å². The van der Waals surface area contributed by atoms with Crippen LogP contribution >= 0.6 is 0 Å². The highest BCUT2D eigenvalue weighted by atomic mass is 28.4. The van der Waals surface area contributed by atoms with Gasteiger partial charge in [0.1, 0.15) is 0 Å². The Morgan fingerprint density at radius 1 is 1.29 bits per heavy atom. The van der Waals surface area contributed by atoms with Crippen molar-refractivity contribution in [3.8, 4) is 0 Å². The van der Waals surface area contributed by atoms with E-state index in [4.69, 9.17) is 13.9 Å². The summed E-state index contributed by atoms with van der Waals surface area (Å²) in [7, 11) is 0.0332. The van der Waals surface area contributed by atoms with Crippen LogP contribution in [0.3, 0.4) is 0 Å². The predicted octanol–water partition coefficient (Wildman–Crippen LogP) is 3.20. The van der Waals surface area contributed by atoms with E-state index in [0.717, 1.165) is 6.42 Å². The lowest BCUT2D eigenvalue weighted by Crippen LogP contribution is -2.45. The van der Waals surface area contributed by atoms with Crippen molar-refractivity contribution in [2.24, 2.45) is 0 Å². The van der Waals surface area contributed by atoms with Crippen LogP contribution in [0.2, 0.25) is 18.1 Å². The number of methoxy groups -OCH3 is 1. The van der Waals surface area contributed by atoms with Crippen molar-refractivity contribution in [2.75, 3.05) is 13.7 Å². The highest BCUT2D eigenvalue weighted by Gasteiger charge is 2.43. The third kappa shape index (κ3) is 3.78. The lowest BCUT2D eigenvalue weighted by atomic mass is 10.2. The van der Waals surface area contributed by atoms with Crippen molar-refractivity contribution in [3.63, 3.8) is 0 Å². The normalized spacial score (nSPS) is 30.9. The number of ether oxygens (including phenoxy) is 2. The second kappa shape index (κ2) is 5.39. The quantitative estimate of drug-likeness (QED) is 0.727. The zero-order valence-electron chi connectivity index (χ0n) is 12.4. The summed E-state index contributed by atoms with van der Waals surface area (Å²) >= 11 is 0. The lowest BCUT2D eigenvalue weighted by Gasteiger charge is -2.39. The maximum Gasteiger partial charge on any atom is 0.192 e. The van der Waals surface area contributed by atoms with Gasteiger partial charge in [-0.05, 0) is 25.1 Å². The first-order chi connectivity index (χ1) is 7.67. The Hall–Kier alpha value is 0.0969. The molecule has 102 valence electrons. The molecule has 0 aromatic rings. The fourth-order valence-electron chi connectivity index (χ4n) is 1.89. The van der Waals surface area contributed by atoms with Crippen molar-refractivity contribution < 1.29 is 13.9 Å². The smallest absolute Gasteiger partial charge is 0.192 e. The van der Waals surface area contributed by atoms with Crippen molar-refractivity contribution in [2.45, 2.75) is 70.6 Å². The zero-order chi connectivity index (χ0) is 13.3. The Bertz CT molecular complexity index is 248. The maximum atomic E-state index is 6.41. The summed E-state index contributed by atoms with van der Waals surface area (Å²) < 4.78 is 17.4. The SMILES string of the molecule is COC[C@@H]1C[C@H](O[Si](C)(C)C(C)(C)C)[C@H](C)O1. The molecule has 0 N–H and O–H groups in total. The van der Waals surface area contributed by atoms with E-state index in [2.05, 4.69) is 40.8 Å². The van der Waals surface area contributed by atoms with Gasteiger partial charge in [0.05, 0.1) is 24.9 Å². The largest absolute Gasteiger partial charge is 0.411 e. The Morgan fingerprint density at radius 2 is 1.88 bits per heavy atom. The molecule has 3 atom stereocenters. The monoisotopic (exact) mass is 260 g/mol. The summed E-state index contributed by atoms with van der Waals surface area (Å²) in [5, 5.41) is 0.256. The summed E-state index contributed by atoms with van der Waals surface area (Å²) in [6.45, 7) is 14.2. The molecule has 1 aliphatic rings. The maximum absolute atomic E-state index is 6.41. The molecule has 1 aliphatic heterocycles. The van der Waals surface area contributed by atoms with E-state index in [1.54, 1.807) is 7.11 Å². The van der Waals surface area contributed by atoms with Crippen LogP contribution in [-0.4, -0.2) is 40.3 Å². The minimum Gasteiger partial charge on any atom is -0.411 e. The second-order valence-electron chi connectivity index (χ2n) is 6.57. The summed E-state index contributed by atoms with van der Waals surface area (Å²) in [6.07, 6.45) is 1.58. The molecule has 4 heteroatoms. The van der Waals surface area contributed by atoms with Gasteiger partial charge in [0.2, 0.25) is 0 Å². The van der Waals surface area contributed by atoms with Crippen LogP contribution in [0.25, 0.3) is 0 Å². The van der Waals surface area contributed by atoms with Gasteiger partial charge < -0.3 is 13.9 Å². The molecular weight excluding hydrogens is 232 g/mol. The van der Waals surface area contributed by atoms with Gasteiger partial charge in [-0.1, -0.05) is 20.8 Å². The standard InChI is InChI=1S/C13H28O3Si/c1-10-12(8-11(15-10)9-14-5)16-17(6,7)13(2,3)4/h10-12H,8-9H2,1-7H3/t10-,11-,12-/m0/s1. The van der Waals surface area contributed by atoms with Gasteiger partial charge in [-0.25, -0.2) is 0 Å². The molecule has 0 amide bonds. The second-order valence-corrected chi connectivity index (χ2v) is 11.3. The minimum absolute atomic E-state index is 0.185. The molecule has 0 aromatic carbocycles. The molecule has 0 aliphatic carbocycles. The van der Waals surface area contributed by atoms with Crippen molar-refractivity contribution in [3.05, 3.63) is 0 Å². The fourth-order valence-corrected chi connectivity index (χ4v) is 3.29.